The van der Waals surface area contributed by atoms with E-state index in [1.165, 1.54) is 38.8 Å². The Morgan fingerprint density at radius 3 is 1.81 bits per heavy atom. The zero-order chi connectivity index (χ0) is 25.9. The van der Waals surface area contributed by atoms with Gasteiger partial charge in [-0.1, -0.05) is 81.2 Å². The van der Waals surface area contributed by atoms with Crippen LogP contribution in [0.5, 0.6) is 0 Å². The Balaban J connectivity index is -0.000000204. The number of aliphatic carboxylic acids is 1. The fourth-order valence-electron chi connectivity index (χ4n) is 3.47. The van der Waals surface area contributed by atoms with Gasteiger partial charge >= 0.3 is 13.1 Å². The van der Waals surface area contributed by atoms with Crippen molar-refractivity contribution in [2.24, 2.45) is 17.8 Å². The molecule has 2 aliphatic rings. The summed E-state index contributed by atoms with van der Waals surface area (Å²) in [6, 6.07) is 0. The molecule has 1 saturated carbocycles. The van der Waals surface area contributed by atoms with Gasteiger partial charge in [0.2, 0.25) is 0 Å². The summed E-state index contributed by atoms with van der Waals surface area (Å²) in [6.45, 7) is 24.9. The average molecular weight is 460 g/mol. The van der Waals surface area contributed by atoms with Gasteiger partial charge in [0.25, 0.3) is 0 Å². The molecule has 194 valence electrons. The van der Waals surface area contributed by atoms with E-state index in [-0.39, 0.29) is 5.92 Å². The predicted molar refractivity (Wildman–Crippen MR) is 143 cm³/mol. The van der Waals surface area contributed by atoms with Crippen molar-refractivity contribution < 1.29 is 19.9 Å². The topological polar surface area (TPSA) is 81.0 Å². The first-order valence-electron chi connectivity index (χ1n) is 13.3. The Morgan fingerprint density at radius 2 is 1.50 bits per heavy atom. The van der Waals surface area contributed by atoms with E-state index in [2.05, 4.69) is 25.3 Å². The molecule has 1 aliphatic heterocycles. The van der Waals surface area contributed by atoms with Crippen molar-refractivity contribution in [3.63, 3.8) is 0 Å². The van der Waals surface area contributed by atoms with Crippen molar-refractivity contribution in [1.29, 1.82) is 0 Å². The summed E-state index contributed by atoms with van der Waals surface area (Å²) < 4.78 is 0. The van der Waals surface area contributed by atoms with Gasteiger partial charge in [-0.15, -0.1) is 6.58 Å². The van der Waals surface area contributed by atoms with E-state index in [1.54, 1.807) is 6.92 Å². The maximum Gasteiger partial charge on any atom is 0.451 e. The molecule has 2 fully saturated rings. The first-order chi connectivity index (χ1) is 15.3. The molecule has 1 saturated heterocycles. The minimum Gasteiger partial charge on any atom is -0.481 e. The number of carbonyl (C=O) groups is 1. The van der Waals surface area contributed by atoms with Crippen molar-refractivity contribution >= 4 is 13.1 Å². The van der Waals surface area contributed by atoms with Crippen molar-refractivity contribution in [2.45, 2.75) is 114 Å². The van der Waals surface area contributed by atoms with E-state index in [0.717, 1.165) is 25.8 Å². The summed E-state index contributed by atoms with van der Waals surface area (Å²) in [5.41, 5.74) is 0. The molecule has 3 atom stereocenters. The lowest BCUT2D eigenvalue weighted by molar-refractivity contribution is -0.146. The smallest absolute Gasteiger partial charge is 0.451 e. The standard InChI is InChI=1S/C13H23NO2.C5H10.C2H7BO2.3C2H6/c1-10-4-5-11(12(8-10)13(15)16)9-14-6-2-3-7-14;1-3-5-4-2;1-2-3(4)5;3*1-2/h10-12H,2-9H2,1H3,(H,15,16);3H,1,4-5H2,2H3;4-5H,2H2,1H3;3*1-2H3/t10?,11-,12-;;;;;/m0...../s1. The van der Waals surface area contributed by atoms with Crippen LogP contribution in [0.15, 0.2) is 12.7 Å². The van der Waals surface area contributed by atoms with Crippen LogP contribution in [-0.2, 0) is 4.79 Å². The highest BCUT2D eigenvalue weighted by molar-refractivity contribution is 6.40. The molecule has 0 bridgehead atoms. The summed E-state index contributed by atoms with van der Waals surface area (Å²) in [7, 11) is -1.12. The highest BCUT2D eigenvalue weighted by atomic mass is 16.4. The molecule has 3 N–H and O–H groups in total. The molecule has 32 heavy (non-hydrogen) atoms. The number of carboxylic acid groups (broad SMARTS) is 1. The molecule has 0 aromatic rings. The van der Waals surface area contributed by atoms with Gasteiger partial charge < -0.3 is 20.1 Å². The molecule has 6 heteroatoms. The van der Waals surface area contributed by atoms with Crippen LogP contribution in [0.2, 0.25) is 6.32 Å². The molecule has 0 amide bonds. The van der Waals surface area contributed by atoms with Gasteiger partial charge in [0.15, 0.2) is 0 Å². The van der Waals surface area contributed by atoms with Gasteiger partial charge in [-0.2, -0.15) is 0 Å². The van der Waals surface area contributed by atoms with Crippen molar-refractivity contribution in [3.05, 3.63) is 12.7 Å². The fourth-order valence-corrected chi connectivity index (χ4v) is 3.47. The second-order valence-electron chi connectivity index (χ2n) is 7.60. The van der Waals surface area contributed by atoms with E-state index in [0.29, 0.717) is 18.2 Å². The Kier molecular flexibility index (Phi) is 36.2. The van der Waals surface area contributed by atoms with Crippen LogP contribution in [0.25, 0.3) is 0 Å². The lowest BCUT2D eigenvalue weighted by Gasteiger charge is -2.34. The molecule has 0 aromatic heterocycles. The molecule has 0 radical (unpaired) electrons. The largest absolute Gasteiger partial charge is 0.481 e. The number of hydrogen-bond acceptors (Lipinski definition) is 4. The van der Waals surface area contributed by atoms with Crippen LogP contribution in [-0.4, -0.2) is 52.8 Å². The highest BCUT2D eigenvalue weighted by Crippen LogP contribution is 2.34. The molecule has 0 aromatic carbocycles. The molecular weight excluding hydrogens is 401 g/mol. The number of rotatable bonds is 6. The highest BCUT2D eigenvalue weighted by Gasteiger charge is 2.34. The summed E-state index contributed by atoms with van der Waals surface area (Å²) in [4.78, 5) is 13.7. The second kappa shape index (κ2) is 30.2. The zero-order valence-corrected chi connectivity index (χ0v) is 23.1. The lowest BCUT2D eigenvalue weighted by Crippen LogP contribution is -2.37. The molecule has 0 spiro atoms. The number of unbranched alkanes of at least 4 members (excludes halogenated alkanes) is 1. The molecule has 2 rings (SSSR count). The van der Waals surface area contributed by atoms with Crippen LogP contribution in [0.1, 0.15) is 107 Å². The normalized spacial score (nSPS) is 21.2. The van der Waals surface area contributed by atoms with E-state index >= 15 is 0 Å². The maximum atomic E-state index is 11.3. The van der Waals surface area contributed by atoms with Gasteiger partial charge in [0.1, 0.15) is 0 Å². The number of carboxylic acids is 1. The third kappa shape index (κ3) is 23.8. The Bertz CT molecular complexity index is 375. The Hall–Kier alpha value is -0.845. The first-order valence-corrected chi connectivity index (χ1v) is 13.3. The number of likely N-dealkylation sites (tertiary alicyclic amines) is 1. The number of nitrogens with zero attached hydrogens (tertiary/aromatic N) is 1. The van der Waals surface area contributed by atoms with Crippen molar-refractivity contribution in [1.82, 2.24) is 4.90 Å². The third-order valence-electron chi connectivity index (χ3n) is 5.12. The van der Waals surface area contributed by atoms with E-state index in [1.807, 2.05) is 47.6 Å². The summed E-state index contributed by atoms with van der Waals surface area (Å²) in [5.74, 6) is 0.322. The van der Waals surface area contributed by atoms with Crippen LogP contribution in [0.4, 0.5) is 0 Å². The maximum absolute atomic E-state index is 11.3. The SMILES string of the molecule is C=CCCC.CC.CC.CC.CC1CC[C@@H](CN2CCCC2)[C@@H](C(=O)O)C1.CCB(O)O. The minimum absolute atomic E-state index is 0.0932. The monoisotopic (exact) mass is 459 g/mol. The summed E-state index contributed by atoms with van der Waals surface area (Å²) in [6.07, 6.45) is 10.5. The van der Waals surface area contributed by atoms with Gasteiger partial charge in [0, 0.05) is 6.54 Å². The Labute approximate surface area is 201 Å². The number of allylic oxidation sites excluding steroid dienone is 1. The Morgan fingerprint density at radius 1 is 1.03 bits per heavy atom. The molecule has 1 heterocycles. The quantitative estimate of drug-likeness (QED) is 0.302. The van der Waals surface area contributed by atoms with Crippen LogP contribution in [0, 0.1) is 17.8 Å². The van der Waals surface area contributed by atoms with E-state index in [9.17, 15) is 9.90 Å². The second-order valence-corrected chi connectivity index (χ2v) is 7.60. The number of hydrogen-bond donors (Lipinski definition) is 3. The lowest BCUT2D eigenvalue weighted by atomic mass is 9.74. The average Bonchev–Trinajstić information content (AvgIpc) is 3.33. The van der Waals surface area contributed by atoms with Crippen LogP contribution in [0.3, 0.4) is 0 Å². The molecule has 1 aliphatic carbocycles. The third-order valence-corrected chi connectivity index (χ3v) is 5.12. The predicted octanol–water partition coefficient (Wildman–Crippen LogP) is 6.75. The summed E-state index contributed by atoms with van der Waals surface area (Å²) in [5, 5.41) is 25.1. The summed E-state index contributed by atoms with van der Waals surface area (Å²) >= 11 is 0. The molecule has 1 unspecified atom stereocenters. The van der Waals surface area contributed by atoms with E-state index < -0.39 is 13.1 Å². The van der Waals surface area contributed by atoms with Crippen LogP contribution < -0.4 is 0 Å². The minimum atomic E-state index is -1.12. The van der Waals surface area contributed by atoms with Gasteiger partial charge in [-0.3, -0.25) is 4.79 Å². The molecular formula is C26H58BNO4. The van der Waals surface area contributed by atoms with Gasteiger partial charge in [0.05, 0.1) is 5.92 Å². The van der Waals surface area contributed by atoms with Crippen LogP contribution >= 0.6 is 0 Å². The van der Waals surface area contributed by atoms with Gasteiger partial charge in [-0.25, -0.2) is 0 Å². The van der Waals surface area contributed by atoms with Crippen molar-refractivity contribution in [3.8, 4) is 0 Å². The fraction of sp³-hybridized carbons (Fsp3) is 0.885. The molecule has 5 nitrogen and oxygen atoms in total. The van der Waals surface area contributed by atoms with E-state index in [4.69, 9.17) is 10.0 Å². The van der Waals surface area contributed by atoms with Crippen molar-refractivity contribution in [2.75, 3.05) is 19.6 Å². The zero-order valence-electron chi connectivity index (χ0n) is 23.1. The first kappa shape index (κ1) is 38.4. The van der Waals surface area contributed by atoms with Gasteiger partial charge in [-0.05, 0) is 63.3 Å².